The number of hydrogen-bond acceptors (Lipinski definition) is 4. The van der Waals surface area contributed by atoms with Gasteiger partial charge in [-0.05, 0) is 36.2 Å². The number of ether oxygens (including phenoxy) is 1. The molecule has 150 valence electrons. The Balaban J connectivity index is 1.70. The molecule has 0 aliphatic carbocycles. The van der Waals surface area contributed by atoms with Crippen LogP contribution < -0.4 is 10.1 Å². The van der Waals surface area contributed by atoms with Crippen molar-refractivity contribution in [2.45, 2.75) is 30.8 Å². The van der Waals surface area contributed by atoms with Gasteiger partial charge in [-0.15, -0.1) is 0 Å². The summed E-state index contributed by atoms with van der Waals surface area (Å²) in [6.45, 7) is 2.00. The molecule has 1 aliphatic rings. The van der Waals surface area contributed by atoms with Gasteiger partial charge in [0.1, 0.15) is 11.6 Å². The molecule has 1 amide bonds. The average Bonchev–Trinajstić information content (AvgIpc) is 3.26. The number of hydrogen-bond donors (Lipinski definition) is 1. The maximum Gasteiger partial charge on any atom is 0.233 e. The molecular weight excluding hydrogens is 386 g/mol. The first-order valence-electron chi connectivity index (χ1n) is 9.56. The van der Waals surface area contributed by atoms with Crippen LogP contribution in [-0.2, 0) is 27.1 Å². The van der Waals surface area contributed by atoms with Gasteiger partial charge in [0.15, 0.2) is 0 Å². The Hall–Kier alpha value is -2.93. The van der Waals surface area contributed by atoms with Gasteiger partial charge in [-0.2, -0.15) is 5.10 Å². The lowest BCUT2D eigenvalue weighted by Gasteiger charge is -2.17. The monoisotopic (exact) mass is 409 g/mol. The van der Waals surface area contributed by atoms with E-state index in [0.717, 1.165) is 28.3 Å². The van der Waals surface area contributed by atoms with Crippen molar-refractivity contribution in [3.63, 3.8) is 0 Å². The fraction of sp³-hybridized carbons (Fsp3) is 0.273. The molecule has 0 bridgehead atoms. The van der Waals surface area contributed by atoms with E-state index < -0.39 is 10.8 Å². The Morgan fingerprint density at radius 2 is 1.90 bits per heavy atom. The highest BCUT2D eigenvalue weighted by molar-refractivity contribution is 7.83. The first-order chi connectivity index (χ1) is 14.1. The largest absolute Gasteiger partial charge is 0.497 e. The van der Waals surface area contributed by atoms with E-state index in [1.165, 1.54) is 0 Å². The summed E-state index contributed by atoms with van der Waals surface area (Å²) in [7, 11) is 0.639. The Labute approximate surface area is 172 Å². The van der Waals surface area contributed by atoms with Crippen LogP contribution >= 0.6 is 0 Å². The normalized spacial score (nSPS) is 16.3. The molecule has 2 atom stereocenters. The standard InChI is InChI=1S/C22H23N3O3S/c1-3-18(15-7-5-4-6-8-15)22(26)23-21-19-13-29(27)14-20(19)24-25(21)16-9-11-17(28-2)12-10-16/h4-12,18H,3,13-14H2,1-2H3,(H,23,26)/t18-,29-/m0/s1. The number of amides is 1. The van der Waals surface area contributed by atoms with Crippen LogP contribution in [0.15, 0.2) is 54.6 Å². The highest BCUT2D eigenvalue weighted by Crippen LogP contribution is 2.33. The molecule has 6 nitrogen and oxygen atoms in total. The number of rotatable bonds is 6. The van der Waals surface area contributed by atoms with Crippen molar-refractivity contribution in [3.8, 4) is 11.4 Å². The summed E-state index contributed by atoms with van der Waals surface area (Å²) < 4.78 is 19.0. The highest BCUT2D eigenvalue weighted by atomic mass is 32.2. The lowest BCUT2D eigenvalue weighted by atomic mass is 9.95. The van der Waals surface area contributed by atoms with E-state index in [0.29, 0.717) is 23.7 Å². The van der Waals surface area contributed by atoms with Gasteiger partial charge in [0.2, 0.25) is 5.91 Å². The molecule has 2 heterocycles. The number of carbonyl (C=O) groups excluding carboxylic acids is 1. The third-order valence-electron chi connectivity index (χ3n) is 5.16. The van der Waals surface area contributed by atoms with Gasteiger partial charge in [0, 0.05) is 16.4 Å². The predicted octanol–water partition coefficient (Wildman–Crippen LogP) is 3.78. The molecule has 0 fully saturated rings. The fourth-order valence-electron chi connectivity index (χ4n) is 3.63. The van der Waals surface area contributed by atoms with Crippen molar-refractivity contribution in [3.05, 3.63) is 71.4 Å². The molecule has 1 N–H and O–H groups in total. The van der Waals surface area contributed by atoms with E-state index in [1.54, 1.807) is 11.8 Å². The molecule has 0 saturated carbocycles. The van der Waals surface area contributed by atoms with Crippen LogP contribution in [0.25, 0.3) is 5.69 Å². The lowest BCUT2D eigenvalue weighted by molar-refractivity contribution is -0.117. The van der Waals surface area contributed by atoms with Crippen molar-refractivity contribution < 1.29 is 13.7 Å². The summed E-state index contributed by atoms with van der Waals surface area (Å²) in [5, 5.41) is 7.73. The molecule has 3 aromatic rings. The predicted molar refractivity (Wildman–Crippen MR) is 114 cm³/mol. The van der Waals surface area contributed by atoms with E-state index in [1.807, 2.05) is 61.5 Å². The summed E-state index contributed by atoms with van der Waals surface area (Å²) in [4.78, 5) is 13.2. The van der Waals surface area contributed by atoms with Crippen LogP contribution in [0.3, 0.4) is 0 Å². The summed E-state index contributed by atoms with van der Waals surface area (Å²) in [5.41, 5.74) is 3.43. The van der Waals surface area contributed by atoms with Crippen LogP contribution in [0.1, 0.15) is 36.1 Å². The zero-order valence-corrected chi connectivity index (χ0v) is 17.2. The smallest absolute Gasteiger partial charge is 0.233 e. The van der Waals surface area contributed by atoms with Crippen molar-refractivity contribution in [2.24, 2.45) is 0 Å². The Kier molecular flexibility index (Phi) is 5.49. The maximum absolute atomic E-state index is 13.2. The van der Waals surface area contributed by atoms with Gasteiger partial charge in [-0.3, -0.25) is 9.00 Å². The Morgan fingerprint density at radius 1 is 1.17 bits per heavy atom. The van der Waals surface area contributed by atoms with Gasteiger partial charge >= 0.3 is 0 Å². The minimum absolute atomic E-state index is 0.0890. The molecule has 4 rings (SSSR count). The van der Waals surface area contributed by atoms with Crippen LogP contribution in [-0.4, -0.2) is 27.0 Å². The molecule has 1 aliphatic heterocycles. The number of aromatic nitrogens is 2. The van der Waals surface area contributed by atoms with E-state index in [2.05, 4.69) is 10.4 Å². The van der Waals surface area contributed by atoms with Gasteiger partial charge < -0.3 is 10.1 Å². The minimum Gasteiger partial charge on any atom is -0.497 e. The number of carbonyl (C=O) groups is 1. The van der Waals surface area contributed by atoms with Crippen molar-refractivity contribution in [1.29, 1.82) is 0 Å². The number of nitrogens with one attached hydrogen (secondary N) is 1. The number of nitrogens with zero attached hydrogens (tertiary/aromatic N) is 2. The number of methoxy groups -OCH3 is 1. The fourth-order valence-corrected chi connectivity index (χ4v) is 4.89. The third kappa shape index (κ3) is 3.82. The molecule has 0 spiro atoms. The van der Waals surface area contributed by atoms with Gasteiger partial charge in [0.05, 0.1) is 35.9 Å². The summed E-state index contributed by atoms with van der Waals surface area (Å²) >= 11 is 0. The van der Waals surface area contributed by atoms with Crippen molar-refractivity contribution in [1.82, 2.24) is 9.78 Å². The van der Waals surface area contributed by atoms with Crippen LogP contribution in [0.2, 0.25) is 0 Å². The number of benzene rings is 2. The summed E-state index contributed by atoms with van der Waals surface area (Å²) in [6.07, 6.45) is 0.681. The van der Waals surface area contributed by atoms with Gasteiger partial charge in [0.25, 0.3) is 0 Å². The molecule has 1 aromatic heterocycles. The van der Waals surface area contributed by atoms with Crippen LogP contribution in [0.4, 0.5) is 5.82 Å². The average molecular weight is 410 g/mol. The SMILES string of the molecule is CC[C@H](C(=O)Nc1c2c(nn1-c1ccc(OC)cc1)C[S@@](=O)C2)c1ccccc1. The minimum atomic E-state index is -0.979. The van der Waals surface area contributed by atoms with Gasteiger partial charge in [-0.25, -0.2) is 4.68 Å². The highest BCUT2D eigenvalue weighted by Gasteiger charge is 2.30. The Bertz CT molecular complexity index is 1050. The van der Waals surface area contributed by atoms with Crippen LogP contribution in [0, 0.1) is 0 Å². The molecule has 0 radical (unpaired) electrons. The first-order valence-corrected chi connectivity index (χ1v) is 11.1. The summed E-state index contributed by atoms with van der Waals surface area (Å²) in [5.74, 6) is 1.82. The lowest BCUT2D eigenvalue weighted by Crippen LogP contribution is -2.23. The molecule has 0 saturated heterocycles. The second-order valence-corrected chi connectivity index (χ2v) is 8.43. The molecule has 7 heteroatoms. The zero-order chi connectivity index (χ0) is 20.4. The maximum atomic E-state index is 13.2. The number of fused-ring (bicyclic) bond motifs is 1. The summed E-state index contributed by atoms with van der Waals surface area (Å²) in [6, 6.07) is 17.2. The third-order valence-corrected chi connectivity index (χ3v) is 6.36. The van der Waals surface area contributed by atoms with E-state index in [-0.39, 0.29) is 11.8 Å². The molecular formula is C22H23N3O3S. The molecule has 2 aromatic carbocycles. The second kappa shape index (κ2) is 8.21. The van der Waals surface area contributed by atoms with E-state index >= 15 is 0 Å². The molecule has 0 unspecified atom stereocenters. The van der Waals surface area contributed by atoms with Crippen molar-refractivity contribution >= 4 is 22.5 Å². The second-order valence-electron chi connectivity index (χ2n) is 6.97. The number of anilines is 1. The van der Waals surface area contributed by atoms with E-state index in [9.17, 15) is 9.00 Å². The first kappa shape index (κ1) is 19.4. The quantitative estimate of drug-likeness (QED) is 0.673. The van der Waals surface area contributed by atoms with Crippen LogP contribution in [0.5, 0.6) is 5.75 Å². The van der Waals surface area contributed by atoms with Gasteiger partial charge in [-0.1, -0.05) is 37.3 Å². The topological polar surface area (TPSA) is 73.2 Å². The zero-order valence-electron chi connectivity index (χ0n) is 16.4. The Morgan fingerprint density at radius 3 is 2.55 bits per heavy atom. The molecule has 29 heavy (non-hydrogen) atoms. The van der Waals surface area contributed by atoms with E-state index in [4.69, 9.17) is 4.74 Å². The van der Waals surface area contributed by atoms with Crippen molar-refractivity contribution in [2.75, 3.05) is 12.4 Å².